The molecule has 3 amide bonds. The van der Waals surface area contributed by atoms with E-state index in [0.717, 1.165) is 38.2 Å². The predicted molar refractivity (Wildman–Crippen MR) is 150 cm³/mol. The number of hydrogen-bond acceptors (Lipinski definition) is 9. The minimum absolute atomic E-state index is 0.165. The number of imide groups is 1. The van der Waals surface area contributed by atoms with Crippen LogP contribution < -0.4 is 5.32 Å². The van der Waals surface area contributed by atoms with Gasteiger partial charge in [0.1, 0.15) is 24.1 Å². The molecule has 0 bridgehead atoms. The fourth-order valence-electron chi connectivity index (χ4n) is 5.76. The summed E-state index contributed by atoms with van der Waals surface area (Å²) in [6.45, 7) is 4.37. The quantitative estimate of drug-likeness (QED) is 0.149. The molecule has 7 atom stereocenters. The van der Waals surface area contributed by atoms with Gasteiger partial charge in [0, 0.05) is 12.6 Å². The van der Waals surface area contributed by atoms with Gasteiger partial charge >= 0.3 is 6.09 Å². The number of amides is 3. The molecular weight excluding hydrogens is 532 g/mol. The fraction of sp³-hybridized carbons (Fsp3) is 0.833. The van der Waals surface area contributed by atoms with Crippen LogP contribution in [-0.2, 0) is 23.8 Å². The van der Waals surface area contributed by atoms with Crippen molar-refractivity contribution in [1.82, 2.24) is 10.2 Å². The van der Waals surface area contributed by atoms with Crippen LogP contribution >= 0.6 is 0 Å². The Morgan fingerprint density at radius 1 is 1.00 bits per heavy atom. The molecule has 234 valence electrons. The number of aliphatic hydroxyl groups is 3. The number of hydrogen-bond donors (Lipinski definition) is 4. The highest BCUT2D eigenvalue weighted by molar-refractivity contribution is 6.01. The average Bonchev–Trinajstić information content (AvgIpc) is 3.53. The Kier molecular flexibility index (Phi) is 14.0. The van der Waals surface area contributed by atoms with Crippen molar-refractivity contribution in [1.29, 1.82) is 0 Å². The van der Waals surface area contributed by atoms with Crippen molar-refractivity contribution >= 4 is 17.9 Å². The van der Waals surface area contributed by atoms with Crippen LogP contribution in [-0.4, -0.2) is 87.5 Å². The van der Waals surface area contributed by atoms with Crippen molar-refractivity contribution in [2.75, 3.05) is 6.54 Å². The van der Waals surface area contributed by atoms with E-state index in [4.69, 9.17) is 14.2 Å². The van der Waals surface area contributed by atoms with Gasteiger partial charge in [-0.05, 0) is 26.2 Å². The van der Waals surface area contributed by atoms with E-state index in [-0.39, 0.29) is 18.2 Å². The van der Waals surface area contributed by atoms with Crippen LogP contribution in [0.5, 0.6) is 0 Å². The van der Waals surface area contributed by atoms with Gasteiger partial charge in [0.15, 0.2) is 6.29 Å². The molecule has 0 unspecified atom stereocenters. The molecule has 11 heteroatoms. The van der Waals surface area contributed by atoms with Gasteiger partial charge in [-0.15, -0.1) is 0 Å². The average molecular weight is 583 g/mol. The van der Waals surface area contributed by atoms with Gasteiger partial charge in [-0.3, -0.25) is 19.8 Å². The molecule has 3 rings (SSSR count). The van der Waals surface area contributed by atoms with Crippen molar-refractivity contribution in [3.8, 4) is 0 Å². The number of nitrogens with one attached hydrogen (secondary N) is 1. The predicted octanol–water partition coefficient (Wildman–Crippen LogP) is 3.43. The van der Waals surface area contributed by atoms with Crippen LogP contribution in [0.15, 0.2) is 11.8 Å². The van der Waals surface area contributed by atoms with Crippen molar-refractivity contribution in [2.24, 2.45) is 0 Å². The van der Waals surface area contributed by atoms with Gasteiger partial charge in [0.25, 0.3) is 5.91 Å². The Morgan fingerprint density at radius 3 is 2.29 bits per heavy atom. The lowest BCUT2D eigenvalue weighted by Crippen LogP contribution is -2.58. The molecule has 11 nitrogen and oxygen atoms in total. The number of carbonyl (C=O) groups is 3. The summed E-state index contributed by atoms with van der Waals surface area (Å²) < 4.78 is 16.7. The molecule has 4 N–H and O–H groups in total. The molecule has 3 aliphatic heterocycles. The zero-order chi connectivity index (χ0) is 29.8. The SMILES string of the molecule is CCCCCCCCCCCCC[C@H](CC(=O)NC(=O)C=C1OC(=O)N2CCC[C@H]12)O[C@@H]1O[C@@H](C)[C@H](O)[C@@H](O)[C@H]1O. The minimum atomic E-state index is -1.48. The number of ether oxygens (including phenoxy) is 3. The fourth-order valence-corrected chi connectivity index (χ4v) is 5.76. The summed E-state index contributed by atoms with van der Waals surface area (Å²) >= 11 is 0. The van der Waals surface area contributed by atoms with Crippen LogP contribution in [0, 0.1) is 0 Å². The van der Waals surface area contributed by atoms with E-state index in [1.54, 1.807) is 11.8 Å². The Morgan fingerprint density at radius 2 is 1.63 bits per heavy atom. The highest BCUT2D eigenvalue weighted by atomic mass is 16.7. The topological polar surface area (TPSA) is 155 Å². The Labute approximate surface area is 243 Å². The number of rotatable bonds is 17. The highest BCUT2D eigenvalue weighted by Crippen LogP contribution is 2.31. The number of unbranched alkanes of at least 4 members (excludes halogenated alkanes) is 10. The summed E-state index contributed by atoms with van der Waals surface area (Å²) in [5.41, 5.74) is 0. The molecule has 3 fully saturated rings. The standard InChI is InChI=1S/C30H50N2O9/c1-3-4-5-6-7-8-9-10-11-12-13-15-21(40-29-28(37)27(36)26(35)20(2)39-29)18-24(33)31-25(34)19-23-22-16-14-17-32(22)30(38)41-23/h19-22,26-29,35-37H,3-18H2,1-2H3,(H,31,33,34)/t20-,21+,22+,26-,27+,28+,29-/m0/s1. The maximum atomic E-state index is 12.8. The smallest absolute Gasteiger partial charge is 0.412 e. The van der Waals surface area contributed by atoms with Crippen molar-refractivity contribution in [2.45, 2.75) is 153 Å². The monoisotopic (exact) mass is 582 g/mol. The lowest BCUT2D eigenvalue weighted by Gasteiger charge is -2.40. The van der Waals surface area contributed by atoms with E-state index in [1.807, 2.05) is 0 Å². The lowest BCUT2D eigenvalue weighted by molar-refractivity contribution is -0.304. The Bertz CT molecular complexity index is 882. The number of carbonyl (C=O) groups excluding carboxylic acids is 3. The summed E-state index contributed by atoms with van der Waals surface area (Å²) in [4.78, 5) is 38.8. The molecule has 0 aliphatic carbocycles. The zero-order valence-corrected chi connectivity index (χ0v) is 24.7. The summed E-state index contributed by atoms with van der Waals surface area (Å²) in [5.74, 6) is -1.01. The second-order valence-corrected chi connectivity index (χ2v) is 11.6. The first-order valence-electron chi connectivity index (χ1n) is 15.6. The van der Waals surface area contributed by atoms with Gasteiger partial charge in [0.05, 0.1) is 24.7 Å². The van der Waals surface area contributed by atoms with Crippen molar-refractivity contribution in [3.05, 3.63) is 11.8 Å². The summed E-state index contributed by atoms with van der Waals surface area (Å²) in [5, 5.41) is 32.9. The zero-order valence-electron chi connectivity index (χ0n) is 24.7. The van der Waals surface area contributed by atoms with E-state index in [1.165, 1.54) is 44.9 Å². The lowest BCUT2D eigenvalue weighted by atomic mass is 9.99. The minimum Gasteiger partial charge on any atom is -0.412 e. The van der Waals surface area contributed by atoms with E-state index in [2.05, 4.69) is 12.2 Å². The molecule has 3 heterocycles. The number of cyclic esters (lactones) is 1. The third-order valence-electron chi connectivity index (χ3n) is 8.23. The van der Waals surface area contributed by atoms with Gasteiger partial charge < -0.3 is 29.5 Å². The molecule has 0 aromatic rings. The first kappa shape index (κ1) is 33.5. The molecule has 0 radical (unpaired) electrons. The highest BCUT2D eigenvalue weighted by Gasteiger charge is 2.44. The number of aliphatic hydroxyl groups excluding tert-OH is 3. The number of fused-ring (bicyclic) bond motifs is 1. The second-order valence-electron chi connectivity index (χ2n) is 11.6. The van der Waals surface area contributed by atoms with Crippen molar-refractivity contribution < 1.29 is 43.9 Å². The summed E-state index contributed by atoms with van der Waals surface area (Å²) in [6, 6.07) is -0.269. The van der Waals surface area contributed by atoms with E-state index >= 15 is 0 Å². The molecular formula is C30H50N2O9. The maximum Gasteiger partial charge on any atom is 0.415 e. The van der Waals surface area contributed by atoms with Gasteiger partial charge in [-0.1, -0.05) is 77.6 Å². The van der Waals surface area contributed by atoms with Crippen LogP contribution in [0.1, 0.15) is 110 Å². The van der Waals surface area contributed by atoms with Crippen LogP contribution in [0.25, 0.3) is 0 Å². The largest absolute Gasteiger partial charge is 0.415 e. The third kappa shape index (κ3) is 10.3. The van der Waals surface area contributed by atoms with Crippen LogP contribution in [0.2, 0.25) is 0 Å². The molecule has 0 spiro atoms. The van der Waals surface area contributed by atoms with E-state index < -0.39 is 54.7 Å². The molecule has 3 saturated heterocycles. The molecule has 0 aromatic carbocycles. The van der Waals surface area contributed by atoms with E-state index in [0.29, 0.717) is 19.4 Å². The second kappa shape index (κ2) is 17.2. The molecule has 3 aliphatic rings. The maximum absolute atomic E-state index is 12.8. The first-order valence-corrected chi connectivity index (χ1v) is 15.6. The molecule has 41 heavy (non-hydrogen) atoms. The van der Waals surface area contributed by atoms with Crippen molar-refractivity contribution in [3.63, 3.8) is 0 Å². The molecule has 0 saturated carbocycles. The first-order chi connectivity index (χ1) is 19.7. The van der Waals surface area contributed by atoms with Gasteiger partial charge in [-0.2, -0.15) is 0 Å². The van der Waals surface area contributed by atoms with Gasteiger partial charge in [0.2, 0.25) is 5.91 Å². The van der Waals surface area contributed by atoms with Gasteiger partial charge in [-0.25, -0.2) is 4.79 Å². The Balaban J connectivity index is 1.47. The van der Waals surface area contributed by atoms with Crippen LogP contribution in [0.3, 0.4) is 0 Å². The molecule has 0 aromatic heterocycles. The van der Waals surface area contributed by atoms with E-state index in [9.17, 15) is 29.7 Å². The third-order valence-corrected chi connectivity index (χ3v) is 8.23. The normalized spacial score (nSPS) is 29.4. The Hall–Kier alpha value is -2.05. The number of nitrogens with zero attached hydrogens (tertiary/aromatic N) is 1. The summed E-state index contributed by atoms with van der Waals surface area (Å²) in [6.07, 6.45) is 8.55. The van der Waals surface area contributed by atoms with Crippen LogP contribution in [0.4, 0.5) is 4.79 Å². The summed E-state index contributed by atoms with van der Waals surface area (Å²) in [7, 11) is 0.